The van der Waals surface area contributed by atoms with Gasteiger partial charge in [-0.15, -0.1) is 0 Å². The fourth-order valence-electron chi connectivity index (χ4n) is 9.44. The van der Waals surface area contributed by atoms with Crippen molar-refractivity contribution in [2.75, 3.05) is 4.90 Å². The van der Waals surface area contributed by atoms with E-state index in [-0.39, 0.29) is 10.8 Å². The molecule has 0 aliphatic heterocycles. The Balaban J connectivity index is 1.43. The van der Waals surface area contributed by atoms with Crippen LogP contribution in [0.4, 0.5) is 17.1 Å². The van der Waals surface area contributed by atoms with Crippen LogP contribution in [-0.2, 0) is 10.8 Å². The van der Waals surface area contributed by atoms with E-state index in [2.05, 4.69) is 164 Å². The third kappa shape index (κ3) is 6.04. The van der Waals surface area contributed by atoms with Gasteiger partial charge in [0.1, 0.15) is 0 Å². The summed E-state index contributed by atoms with van der Waals surface area (Å²) in [5.74, 6) is 0. The summed E-state index contributed by atoms with van der Waals surface area (Å²) >= 11 is 2.44. The van der Waals surface area contributed by atoms with E-state index >= 15 is 0 Å². The Morgan fingerprint density at radius 3 is 1.18 bits per heavy atom. The number of fused-ring (bicyclic) bond motifs is 6. The van der Waals surface area contributed by atoms with Crippen molar-refractivity contribution in [3.63, 3.8) is 0 Å². The van der Waals surface area contributed by atoms with Crippen molar-refractivity contribution in [2.24, 2.45) is 0 Å². The van der Waals surface area contributed by atoms with Crippen LogP contribution in [0, 0.1) is 3.57 Å². The third-order valence-electron chi connectivity index (χ3n) is 11.9. The lowest BCUT2D eigenvalue weighted by molar-refractivity contribution is 0.414. The first kappa shape index (κ1) is 35.1. The maximum Gasteiger partial charge on any atom is 0.0465 e. The average molecular weight is 772 g/mol. The van der Waals surface area contributed by atoms with E-state index in [0.29, 0.717) is 0 Å². The van der Waals surface area contributed by atoms with Gasteiger partial charge in [0.25, 0.3) is 0 Å². The molecule has 2 heteroatoms. The number of benzene rings is 5. The molecule has 0 fully saturated rings. The van der Waals surface area contributed by atoms with E-state index < -0.39 is 0 Å². The maximum absolute atomic E-state index is 2.59. The second-order valence-electron chi connectivity index (χ2n) is 14.9. The lowest BCUT2D eigenvalue weighted by Gasteiger charge is -2.35. The van der Waals surface area contributed by atoms with Crippen LogP contribution >= 0.6 is 22.6 Å². The summed E-state index contributed by atoms with van der Waals surface area (Å²) in [6, 6.07) is 42.6. The Bertz CT molecular complexity index is 1800. The Morgan fingerprint density at radius 2 is 0.780 bits per heavy atom. The second kappa shape index (κ2) is 15.1. The van der Waals surface area contributed by atoms with Gasteiger partial charge in [0.15, 0.2) is 0 Å². The maximum atomic E-state index is 2.59. The standard InChI is InChI=1S/C48H54IN/c1-5-9-29-47(30-10-6-2)43-19-15-13-17-39(43)41-27-25-37(33-45(41)47)50(36-23-21-35(49)22-24-36)38-26-28-42-40-18-14-16-20-44(40)48(31-11-7-3,32-12-8-4)46(42)34-38/h13-28,33-34H,5-12,29-32H2,1-4H3. The van der Waals surface area contributed by atoms with Gasteiger partial charge in [-0.2, -0.15) is 0 Å². The molecule has 0 saturated carbocycles. The molecule has 0 bridgehead atoms. The smallest absolute Gasteiger partial charge is 0.0465 e. The van der Waals surface area contributed by atoms with Gasteiger partial charge in [-0.1, -0.05) is 140 Å². The van der Waals surface area contributed by atoms with Crippen molar-refractivity contribution < 1.29 is 0 Å². The largest absolute Gasteiger partial charge is 0.310 e. The predicted octanol–water partition coefficient (Wildman–Crippen LogP) is 15.1. The van der Waals surface area contributed by atoms with Crippen LogP contribution in [0.3, 0.4) is 0 Å². The molecule has 258 valence electrons. The lowest BCUT2D eigenvalue weighted by atomic mass is 9.70. The zero-order chi connectivity index (χ0) is 34.7. The number of hydrogen-bond donors (Lipinski definition) is 0. The molecule has 0 unspecified atom stereocenters. The quantitative estimate of drug-likeness (QED) is 0.0958. The molecule has 0 amide bonds. The normalized spacial score (nSPS) is 14.6. The fraction of sp³-hybridized carbons (Fsp3) is 0.375. The molecule has 1 nitrogen and oxygen atoms in total. The van der Waals surface area contributed by atoms with Crippen LogP contribution in [0.15, 0.2) is 109 Å². The number of anilines is 3. The molecular formula is C48H54IN. The van der Waals surface area contributed by atoms with E-state index in [1.165, 1.54) is 131 Å². The number of nitrogens with zero attached hydrogens (tertiary/aromatic N) is 1. The molecule has 2 aliphatic rings. The zero-order valence-corrected chi connectivity index (χ0v) is 32.9. The Hall–Kier alpha value is -3.37. The predicted molar refractivity (Wildman–Crippen MR) is 224 cm³/mol. The van der Waals surface area contributed by atoms with Crippen LogP contribution in [-0.4, -0.2) is 0 Å². The monoisotopic (exact) mass is 771 g/mol. The Morgan fingerprint density at radius 1 is 0.420 bits per heavy atom. The highest BCUT2D eigenvalue weighted by molar-refractivity contribution is 14.1. The van der Waals surface area contributed by atoms with E-state index in [1.807, 2.05) is 0 Å². The van der Waals surface area contributed by atoms with Gasteiger partial charge in [-0.05, 0) is 141 Å². The van der Waals surface area contributed by atoms with Crippen LogP contribution in [0.25, 0.3) is 22.3 Å². The summed E-state index contributed by atoms with van der Waals surface area (Å²) in [4.78, 5) is 2.55. The molecule has 5 aromatic carbocycles. The number of hydrogen-bond acceptors (Lipinski definition) is 1. The highest BCUT2D eigenvalue weighted by Crippen LogP contribution is 2.57. The van der Waals surface area contributed by atoms with Gasteiger partial charge in [0.2, 0.25) is 0 Å². The molecule has 0 saturated heterocycles. The third-order valence-corrected chi connectivity index (χ3v) is 12.7. The molecule has 0 atom stereocenters. The highest BCUT2D eigenvalue weighted by atomic mass is 127. The van der Waals surface area contributed by atoms with E-state index in [1.54, 1.807) is 11.1 Å². The van der Waals surface area contributed by atoms with Crippen LogP contribution in [0.5, 0.6) is 0 Å². The van der Waals surface area contributed by atoms with Gasteiger partial charge in [0, 0.05) is 31.5 Å². The first-order valence-electron chi connectivity index (χ1n) is 19.6. The summed E-state index contributed by atoms with van der Waals surface area (Å²) < 4.78 is 1.26. The van der Waals surface area contributed by atoms with Gasteiger partial charge < -0.3 is 4.90 Å². The topological polar surface area (TPSA) is 3.24 Å². The number of halogens is 1. The van der Waals surface area contributed by atoms with Gasteiger partial charge in [0.05, 0.1) is 0 Å². The minimum Gasteiger partial charge on any atom is -0.310 e. The summed E-state index contributed by atoms with van der Waals surface area (Å²) in [5, 5.41) is 0. The molecule has 50 heavy (non-hydrogen) atoms. The average Bonchev–Trinajstić information content (AvgIpc) is 3.59. The van der Waals surface area contributed by atoms with Crippen molar-refractivity contribution >= 4 is 39.7 Å². The Kier molecular flexibility index (Phi) is 10.6. The van der Waals surface area contributed by atoms with E-state index in [9.17, 15) is 0 Å². The first-order valence-corrected chi connectivity index (χ1v) is 20.6. The molecule has 0 N–H and O–H groups in total. The van der Waals surface area contributed by atoms with Gasteiger partial charge in [-0.3, -0.25) is 0 Å². The first-order chi connectivity index (χ1) is 24.5. The molecule has 5 aromatic rings. The van der Waals surface area contributed by atoms with Crippen molar-refractivity contribution in [3.05, 3.63) is 135 Å². The molecule has 2 aliphatic carbocycles. The fourth-order valence-corrected chi connectivity index (χ4v) is 9.80. The second-order valence-corrected chi connectivity index (χ2v) is 16.2. The van der Waals surface area contributed by atoms with Crippen molar-refractivity contribution in [1.29, 1.82) is 0 Å². The van der Waals surface area contributed by atoms with Crippen LogP contribution in [0.1, 0.15) is 127 Å². The van der Waals surface area contributed by atoms with E-state index in [4.69, 9.17) is 0 Å². The summed E-state index contributed by atoms with van der Waals surface area (Å²) in [7, 11) is 0. The zero-order valence-electron chi connectivity index (χ0n) is 30.7. The number of unbranched alkanes of at least 4 members (excludes halogenated alkanes) is 4. The summed E-state index contributed by atoms with van der Waals surface area (Å²) in [6.07, 6.45) is 14.6. The number of rotatable bonds is 15. The van der Waals surface area contributed by atoms with Crippen LogP contribution in [0.2, 0.25) is 0 Å². The molecule has 0 spiro atoms. The SMILES string of the molecule is CCCCC1(CCCC)c2ccccc2-c2ccc(N(c3ccc(I)cc3)c3ccc4c(c3)C(CCCC)(CCCC)c3ccccc3-4)cc21. The minimum atomic E-state index is 0.0563. The van der Waals surface area contributed by atoms with Gasteiger partial charge >= 0.3 is 0 Å². The lowest BCUT2D eigenvalue weighted by Crippen LogP contribution is -2.26. The van der Waals surface area contributed by atoms with Crippen LogP contribution < -0.4 is 4.90 Å². The van der Waals surface area contributed by atoms with Gasteiger partial charge in [-0.25, -0.2) is 0 Å². The summed E-state index contributed by atoms with van der Waals surface area (Å²) in [6.45, 7) is 9.38. The van der Waals surface area contributed by atoms with Crippen molar-refractivity contribution in [1.82, 2.24) is 0 Å². The van der Waals surface area contributed by atoms with Crippen molar-refractivity contribution in [2.45, 2.75) is 116 Å². The Labute approximate surface area is 315 Å². The van der Waals surface area contributed by atoms with E-state index in [0.717, 1.165) is 0 Å². The van der Waals surface area contributed by atoms with Crippen molar-refractivity contribution in [3.8, 4) is 22.3 Å². The molecule has 0 aromatic heterocycles. The molecule has 0 heterocycles. The molecule has 7 rings (SSSR count). The minimum absolute atomic E-state index is 0.0563. The highest BCUT2D eigenvalue weighted by Gasteiger charge is 2.44. The molecule has 0 radical (unpaired) electrons. The molecular weight excluding hydrogens is 717 g/mol. The summed E-state index contributed by atoms with van der Waals surface area (Å²) in [5.41, 5.74) is 15.7.